The summed E-state index contributed by atoms with van der Waals surface area (Å²) in [7, 11) is 0. The maximum Gasteiger partial charge on any atom is 0.0487 e. The van der Waals surface area contributed by atoms with Gasteiger partial charge in [0.15, 0.2) is 0 Å². The zero-order valence-corrected chi connectivity index (χ0v) is 26.6. The highest BCUT2D eigenvalue weighted by Crippen LogP contribution is 2.37. The third kappa shape index (κ3) is 26.0. The summed E-state index contributed by atoms with van der Waals surface area (Å²) in [4.78, 5) is 0. The molecule has 0 aromatic carbocycles. The van der Waals surface area contributed by atoms with Crippen LogP contribution in [0.3, 0.4) is 0 Å². The molecular formula is C36H74O. The number of aliphatic hydroxyl groups is 1. The molecule has 0 heterocycles. The highest BCUT2D eigenvalue weighted by Gasteiger charge is 2.27. The Morgan fingerprint density at radius 3 is 0.676 bits per heavy atom. The molecule has 0 saturated heterocycles. The van der Waals surface area contributed by atoms with Crippen LogP contribution in [0.4, 0.5) is 0 Å². The molecular weight excluding hydrogens is 448 g/mol. The first-order chi connectivity index (χ1) is 18.2. The molecule has 0 aromatic heterocycles. The van der Waals surface area contributed by atoms with Crippen molar-refractivity contribution >= 4 is 0 Å². The third-order valence-corrected chi connectivity index (χ3v) is 9.02. The Balaban J connectivity index is 4.21. The molecule has 37 heavy (non-hydrogen) atoms. The predicted octanol–water partition coefficient (Wildman–Crippen LogP) is 13.1. The fraction of sp³-hybridized carbons (Fsp3) is 1.00. The number of hydrogen-bond donors (Lipinski definition) is 1. The van der Waals surface area contributed by atoms with Crippen LogP contribution in [-0.2, 0) is 0 Å². The average Bonchev–Trinajstić information content (AvgIpc) is 2.91. The van der Waals surface area contributed by atoms with Crippen molar-refractivity contribution in [2.75, 3.05) is 6.61 Å². The molecule has 224 valence electrons. The Labute approximate surface area is 236 Å². The van der Waals surface area contributed by atoms with Crippen LogP contribution in [0.1, 0.15) is 220 Å². The number of rotatable bonds is 32. The van der Waals surface area contributed by atoms with Gasteiger partial charge >= 0.3 is 0 Å². The van der Waals surface area contributed by atoms with Gasteiger partial charge in [0.1, 0.15) is 0 Å². The van der Waals surface area contributed by atoms with Gasteiger partial charge in [0.05, 0.1) is 0 Å². The summed E-state index contributed by atoms with van der Waals surface area (Å²) < 4.78 is 0. The van der Waals surface area contributed by atoms with E-state index in [1.54, 1.807) is 0 Å². The van der Waals surface area contributed by atoms with Crippen LogP contribution in [0.25, 0.3) is 0 Å². The van der Waals surface area contributed by atoms with Crippen LogP contribution >= 0.6 is 0 Å². The van der Waals surface area contributed by atoms with Crippen molar-refractivity contribution in [1.82, 2.24) is 0 Å². The first-order valence-electron chi connectivity index (χ1n) is 17.9. The molecule has 0 spiro atoms. The summed E-state index contributed by atoms with van der Waals surface area (Å²) in [6.07, 6.45) is 43.1. The van der Waals surface area contributed by atoms with Gasteiger partial charge in [-0.25, -0.2) is 0 Å². The van der Waals surface area contributed by atoms with E-state index >= 15 is 0 Å². The topological polar surface area (TPSA) is 20.2 Å². The first kappa shape index (κ1) is 37.0. The van der Waals surface area contributed by atoms with Gasteiger partial charge in [-0.2, -0.15) is 0 Å². The molecule has 0 aromatic rings. The van der Waals surface area contributed by atoms with Crippen LogP contribution in [0.5, 0.6) is 0 Å². The maximum atomic E-state index is 10.6. The van der Waals surface area contributed by atoms with Crippen LogP contribution in [0, 0.1) is 5.41 Å². The SMILES string of the molecule is CCCCCCCCCCCCC(CO)(CCCCCCCCCC)CCCCCCCCCCCC. The quantitative estimate of drug-likeness (QED) is 0.0871. The van der Waals surface area contributed by atoms with E-state index in [9.17, 15) is 5.11 Å². The molecule has 0 fully saturated rings. The number of unbranched alkanes of at least 4 members (excludes halogenated alkanes) is 25. The Hall–Kier alpha value is -0.0400. The molecule has 0 saturated carbocycles. The van der Waals surface area contributed by atoms with E-state index < -0.39 is 0 Å². The van der Waals surface area contributed by atoms with Crippen molar-refractivity contribution in [3.05, 3.63) is 0 Å². The van der Waals surface area contributed by atoms with E-state index in [0.717, 1.165) is 0 Å². The molecule has 0 rings (SSSR count). The number of aliphatic hydroxyl groups excluding tert-OH is 1. The second-order valence-electron chi connectivity index (χ2n) is 12.7. The molecule has 0 unspecified atom stereocenters. The Bertz CT molecular complexity index is 379. The van der Waals surface area contributed by atoms with Crippen LogP contribution < -0.4 is 0 Å². The molecule has 0 bridgehead atoms. The van der Waals surface area contributed by atoms with Gasteiger partial charge in [-0.05, 0) is 24.7 Å². The molecule has 0 amide bonds. The largest absolute Gasteiger partial charge is 0.396 e. The van der Waals surface area contributed by atoms with Crippen molar-refractivity contribution < 1.29 is 5.11 Å². The van der Waals surface area contributed by atoms with Crippen molar-refractivity contribution in [2.45, 2.75) is 220 Å². The zero-order valence-electron chi connectivity index (χ0n) is 26.6. The van der Waals surface area contributed by atoms with E-state index in [1.807, 2.05) is 0 Å². The number of hydrogen-bond acceptors (Lipinski definition) is 1. The predicted molar refractivity (Wildman–Crippen MR) is 170 cm³/mol. The fourth-order valence-corrected chi connectivity index (χ4v) is 6.22. The summed E-state index contributed by atoms with van der Waals surface area (Å²) in [5.74, 6) is 0. The van der Waals surface area contributed by atoms with E-state index in [1.165, 1.54) is 199 Å². The molecule has 1 heteroatoms. The fourth-order valence-electron chi connectivity index (χ4n) is 6.22. The Morgan fingerprint density at radius 2 is 0.486 bits per heavy atom. The van der Waals surface area contributed by atoms with Gasteiger partial charge in [0.25, 0.3) is 0 Å². The van der Waals surface area contributed by atoms with Crippen molar-refractivity contribution in [1.29, 1.82) is 0 Å². The molecule has 1 N–H and O–H groups in total. The van der Waals surface area contributed by atoms with Gasteiger partial charge in [-0.3, -0.25) is 0 Å². The van der Waals surface area contributed by atoms with Gasteiger partial charge < -0.3 is 5.11 Å². The first-order valence-corrected chi connectivity index (χ1v) is 17.9. The normalized spacial score (nSPS) is 12.0. The molecule has 0 aliphatic rings. The van der Waals surface area contributed by atoms with Crippen molar-refractivity contribution in [3.63, 3.8) is 0 Å². The highest BCUT2D eigenvalue weighted by atomic mass is 16.3. The molecule has 0 aliphatic carbocycles. The second kappa shape index (κ2) is 30.5. The Kier molecular flexibility index (Phi) is 30.5. The van der Waals surface area contributed by atoms with E-state index in [0.29, 0.717) is 6.61 Å². The van der Waals surface area contributed by atoms with E-state index in [4.69, 9.17) is 0 Å². The standard InChI is InChI=1S/C36H74O/c1-4-7-10-13-16-19-21-24-27-30-33-36(35-37,32-29-26-23-18-15-12-9-6-3)34-31-28-25-22-20-17-14-11-8-5-2/h37H,4-35H2,1-3H3. The van der Waals surface area contributed by atoms with Gasteiger partial charge in [-0.1, -0.05) is 201 Å². The van der Waals surface area contributed by atoms with E-state index in [2.05, 4.69) is 20.8 Å². The lowest BCUT2D eigenvalue weighted by Crippen LogP contribution is -2.26. The summed E-state index contributed by atoms with van der Waals surface area (Å²) in [6, 6.07) is 0. The summed E-state index contributed by atoms with van der Waals surface area (Å²) >= 11 is 0. The van der Waals surface area contributed by atoms with Crippen LogP contribution in [0.2, 0.25) is 0 Å². The Morgan fingerprint density at radius 1 is 0.297 bits per heavy atom. The minimum absolute atomic E-state index is 0.225. The summed E-state index contributed by atoms with van der Waals surface area (Å²) in [6.45, 7) is 7.34. The average molecular weight is 523 g/mol. The molecule has 0 radical (unpaired) electrons. The monoisotopic (exact) mass is 523 g/mol. The molecule has 0 atom stereocenters. The molecule has 1 nitrogen and oxygen atoms in total. The van der Waals surface area contributed by atoms with Gasteiger partial charge in [-0.15, -0.1) is 0 Å². The summed E-state index contributed by atoms with van der Waals surface area (Å²) in [5.41, 5.74) is 0.225. The summed E-state index contributed by atoms with van der Waals surface area (Å²) in [5, 5.41) is 10.6. The van der Waals surface area contributed by atoms with Crippen molar-refractivity contribution in [2.24, 2.45) is 5.41 Å². The van der Waals surface area contributed by atoms with Gasteiger partial charge in [0.2, 0.25) is 0 Å². The third-order valence-electron chi connectivity index (χ3n) is 9.02. The van der Waals surface area contributed by atoms with Crippen LogP contribution in [-0.4, -0.2) is 11.7 Å². The maximum absolute atomic E-state index is 10.6. The zero-order chi connectivity index (χ0) is 27.1. The van der Waals surface area contributed by atoms with Crippen LogP contribution in [0.15, 0.2) is 0 Å². The lowest BCUT2D eigenvalue weighted by atomic mass is 9.74. The van der Waals surface area contributed by atoms with E-state index in [-0.39, 0.29) is 5.41 Å². The molecule has 0 aliphatic heterocycles. The van der Waals surface area contributed by atoms with Gasteiger partial charge in [0, 0.05) is 6.61 Å². The minimum atomic E-state index is 0.225. The second-order valence-corrected chi connectivity index (χ2v) is 12.7. The smallest absolute Gasteiger partial charge is 0.0487 e. The minimum Gasteiger partial charge on any atom is -0.396 e. The lowest BCUT2D eigenvalue weighted by Gasteiger charge is -2.32. The highest BCUT2D eigenvalue weighted by molar-refractivity contribution is 4.79. The lowest BCUT2D eigenvalue weighted by molar-refractivity contribution is 0.0856. The van der Waals surface area contributed by atoms with Crippen molar-refractivity contribution in [3.8, 4) is 0 Å².